The molecule has 0 radical (unpaired) electrons. The number of ether oxygens (including phenoxy) is 2. The van der Waals surface area contributed by atoms with Crippen LogP contribution in [0, 0.1) is 0 Å². The minimum atomic E-state index is 0.329. The molecule has 1 aromatic carbocycles. The van der Waals surface area contributed by atoms with E-state index in [4.69, 9.17) is 15.2 Å². The third kappa shape index (κ3) is 4.04. The first-order valence-electron chi connectivity index (χ1n) is 7.64. The lowest BCUT2D eigenvalue weighted by molar-refractivity contribution is 0.288. The van der Waals surface area contributed by atoms with Crippen molar-refractivity contribution in [3.63, 3.8) is 0 Å². The molecule has 1 fully saturated rings. The first-order chi connectivity index (χ1) is 9.72. The molecule has 4 heteroatoms. The molecule has 4 nitrogen and oxygen atoms in total. The highest BCUT2D eigenvalue weighted by atomic mass is 16.5. The third-order valence-corrected chi connectivity index (χ3v) is 3.63. The van der Waals surface area contributed by atoms with Crippen molar-refractivity contribution >= 4 is 5.69 Å². The normalized spacial score (nSPS) is 22.4. The summed E-state index contributed by atoms with van der Waals surface area (Å²) in [6, 6.07) is 6.84. The summed E-state index contributed by atoms with van der Waals surface area (Å²) in [7, 11) is 0. The zero-order chi connectivity index (χ0) is 14.4. The minimum Gasteiger partial charge on any atom is -0.490 e. The smallest absolute Gasteiger partial charge is 0.163 e. The predicted octanol–water partition coefficient (Wildman–Crippen LogP) is 3.17. The summed E-state index contributed by atoms with van der Waals surface area (Å²) in [4.78, 5) is 0. The quantitative estimate of drug-likeness (QED) is 0.839. The Labute approximate surface area is 121 Å². The van der Waals surface area contributed by atoms with E-state index >= 15 is 0 Å². The van der Waals surface area contributed by atoms with Crippen LogP contribution in [0.25, 0.3) is 0 Å². The molecular formula is C16H26N2O2. The van der Waals surface area contributed by atoms with Crippen molar-refractivity contribution in [3.05, 3.63) is 18.2 Å². The highest BCUT2D eigenvalue weighted by molar-refractivity contribution is 5.55. The number of nitrogens with two attached hydrogens (primary N) is 1. The van der Waals surface area contributed by atoms with Crippen LogP contribution in [0.5, 0.6) is 11.5 Å². The van der Waals surface area contributed by atoms with E-state index < -0.39 is 0 Å². The van der Waals surface area contributed by atoms with Crippen LogP contribution in [0.4, 0.5) is 5.69 Å². The van der Waals surface area contributed by atoms with Gasteiger partial charge in [-0.1, -0.05) is 0 Å². The predicted molar refractivity (Wildman–Crippen MR) is 82.6 cm³/mol. The van der Waals surface area contributed by atoms with Gasteiger partial charge >= 0.3 is 0 Å². The van der Waals surface area contributed by atoms with E-state index in [0.717, 1.165) is 30.0 Å². The van der Waals surface area contributed by atoms with Crippen LogP contribution in [0.15, 0.2) is 18.2 Å². The Balaban J connectivity index is 2.05. The SMILES string of the molecule is CCOc1ccc(NC2CCCC(N)C2)cc1OCC. The Kier molecular flexibility index (Phi) is 5.53. The molecule has 0 amide bonds. The van der Waals surface area contributed by atoms with Crippen molar-refractivity contribution in [2.75, 3.05) is 18.5 Å². The zero-order valence-electron chi connectivity index (χ0n) is 12.5. The molecule has 2 unspecified atom stereocenters. The second kappa shape index (κ2) is 7.39. The van der Waals surface area contributed by atoms with E-state index in [9.17, 15) is 0 Å². The molecule has 0 heterocycles. The molecule has 2 atom stereocenters. The Morgan fingerprint density at radius 3 is 2.60 bits per heavy atom. The van der Waals surface area contributed by atoms with Gasteiger partial charge in [0.1, 0.15) is 0 Å². The largest absolute Gasteiger partial charge is 0.490 e. The average Bonchev–Trinajstić information content (AvgIpc) is 2.42. The molecule has 1 aromatic rings. The van der Waals surface area contributed by atoms with E-state index in [1.54, 1.807) is 0 Å². The summed E-state index contributed by atoms with van der Waals surface area (Å²) in [5, 5.41) is 3.56. The second-order valence-electron chi connectivity index (χ2n) is 5.30. The van der Waals surface area contributed by atoms with Crippen molar-refractivity contribution in [2.24, 2.45) is 5.73 Å². The summed E-state index contributed by atoms with van der Waals surface area (Å²) in [6.07, 6.45) is 4.57. The molecule has 0 saturated heterocycles. The summed E-state index contributed by atoms with van der Waals surface area (Å²) in [5.74, 6) is 1.61. The van der Waals surface area contributed by atoms with Crippen LogP contribution in [-0.4, -0.2) is 25.3 Å². The fourth-order valence-corrected chi connectivity index (χ4v) is 2.74. The maximum absolute atomic E-state index is 6.04. The van der Waals surface area contributed by atoms with Crippen molar-refractivity contribution in [1.82, 2.24) is 0 Å². The van der Waals surface area contributed by atoms with Gasteiger partial charge in [-0.2, -0.15) is 0 Å². The number of anilines is 1. The second-order valence-corrected chi connectivity index (χ2v) is 5.30. The van der Waals surface area contributed by atoms with Gasteiger partial charge in [-0.15, -0.1) is 0 Å². The molecule has 0 aromatic heterocycles. The molecule has 0 bridgehead atoms. The minimum absolute atomic E-state index is 0.329. The topological polar surface area (TPSA) is 56.5 Å². The summed E-state index contributed by atoms with van der Waals surface area (Å²) in [5.41, 5.74) is 7.11. The van der Waals surface area contributed by atoms with Gasteiger partial charge in [0.05, 0.1) is 13.2 Å². The molecular weight excluding hydrogens is 252 g/mol. The van der Waals surface area contributed by atoms with Gasteiger partial charge in [-0.3, -0.25) is 0 Å². The lowest BCUT2D eigenvalue weighted by Gasteiger charge is -2.28. The molecule has 1 saturated carbocycles. The van der Waals surface area contributed by atoms with E-state index in [2.05, 4.69) is 5.32 Å². The Morgan fingerprint density at radius 1 is 1.15 bits per heavy atom. The summed E-state index contributed by atoms with van der Waals surface area (Å²) in [6.45, 7) is 5.24. The van der Waals surface area contributed by atoms with Crippen molar-refractivity contribution < 1.29 is 9.47 Å². The lowest BCUT2D eigenvalue weighted by Crippen LogP contribution is -2.34. The fourth-order valence-electron chi connectivity index (χ4n) is 2.74. The Morgan fingerprint density at radius 2 is 1.90 bits per heavy atom. The maximum atomic E-state index is 6.04. The molecule has 3 N–H and O–H groups in total. The van der Waals surface area contributed by atoms with E-state index in [1.807, 2.05) is 32.0 Å². The van der Waals surface area contributed by atoms with Crippen LogP contribution >= 0.6 is 0 Å². The fraction of sp³-hybridized carbons (Fsp3) is 0.625. The van der Waals surface area contributed by atoms with Gasteiger partial charge in [0.2, 0.25) is 0 Å². The number of hydrogen-bond donors (Lipinski definition) is 2. The van der Waals surface area contributed by atoms with Crippen LogP contribution in [0.2, 0.25) is 0 Å². The summed E-state index contributed by atoms with van der Waals surface area (Å²) >= 11 is 0. The van der Waals surface area contributed by atoms with Gasteiger partial charge < -0.3 is 20.5 Å². The maximum Gasteiger partial charge on any atom is 0.163 e. The van der Waals surface area contributed by atoms with Gasteiger partial charge in [0.15, 0.2) is 11.5 Å². The number of nitrogens with one attached hydrogen (secondary N) is 1. The molecule has 0 spiro atoms. The van der Waals surface area contributed by atoms with Gasteiger partial charge in [0, 0.05) is 23.8 Å². The van der Waals surface area contributed by atoms with Crippen molar-refractivity contribution in [1.29, 1.82) is 0 Å². The zero-order valence-corrected chi connectivity index (χ0v) is 12.5. The molecule has 0 aliphatic heterocycles. The molecule has 1 aliphatic rings. The highest BCUT2D eigenvalue weighted by Crippen LogP contribution is 2.32. The number of benzene rings is 1. The van der Waals surface area contributed by atoms with Crippen molar-refractivity contribution in [3.8, 4) is 11.5 Å². The highest BCUT2D eigenvalue weighted by Gasteiger charge is 2.19. The van der Waals surface area contributed by atoms with Gasteiger partial charge in [0.25, 0.3) is 0 Å². The molecule has 112 valence electrons. The van der Waals surface area contributed by atoms with Crippen molar-refractivity contribution in [2.45, 2.75) is 51.6 Å². The van der Waals surface area contributed by atoms with Crippen LogP contribution in [-0.2, 0) is 0 Å². The lowest BCUT2D eigenvalue weighted by atomic mass is 9.91. The number of hydrogen-bond acceptors (Lipinski definition) is 4. The standard InChI is InChI=1S/C16H26N2O2/c1-3-19-15-9-8-14(11-16(15)20-4-2)18-13-7-5-6-12(17)10-13/h8-9,11-13,18H,3-7,10,17H2,1-2H3. The van der Waals surface area contributed by atoms with Crippen LogP contribution < -0.4 is 20.5 Å². The molecule has 20 heavy (non-hydrogen) atoms. The average molecular weight is 278 g/mol. The van der Waals surface area contributed by atoms with E-state index in [1.165, 1.54) is 12.8 Å². The molecule has 1 aliphatic carbocycles. The van der Waals surface area contributed by atoms with Crippen LogP contribution in [0.1, 0.15) is 39.5 Å². The van der Waals surface area contributed by atoms with E-state index in [-0.39, 0.29) is 0 Å². The number of rotatable bonds is 6. The monoisotopic (exact) mass is 278 g/mol. The third-order valence-electron chi connectivity index (χ3n) is 3.63. The first kappa shape index (κ1) is 15.0. The van der Waals surface area contributed by atoms with E-state index in [0.29, 0.717) is 25.3 Å². The van der Waals surface area contributed by atoms with Gasteiger partial charge in [-0.25, -0.2) is 0 Å². The summed E-state index contributed by atoms with van der Waals surface area (Å²) < 4.78 is 11.2. The first-order valence-corrected chi connectivity index (χ1v) is 7.64. The Hall–Kier alpha value is -1.42. The van der Waals surface area contributed by atoms with Crippen LogP contribution in [0.3, 0.4) is 0 Å². The van der Waals surface area contributed by atoms with Gasteiger partial charge in [-0.05, 0) is 51.7 Å². The molecule has 2 rings (SSSR count). The Bertz CT molecular complexity index is 423.